The molecule has 0 aliphatic heterocycles. The van der Waals surface area contributed by atoms with Crippen molar-refractivity contribution in [3.05, 3.63) is 0 Å². The van der Waals surface area contributed by atoms with Gasteiger partial charge in [-0.2, -0.15) is 0 Å². The zero-order valence-electron chi connectivity index (χ0n) is 10.1. The molecule has 0 amide bonds. The Labute approximate surface area is 88.0 Å². The van der Waals surface area contributed by atoms with E-state index in [1.807, 2.05) is 20.8 Å². The molecule has 2 N–H and O–H groups in total. The van der Waals surface area contributed by atoms with Gasteiger partial charge in [0.05, 0.1) is 24.9 Å². The van der Waals surface area contributed by atoms with Crippen molar-refractivity contribution >= 4 is 0 Å². The van der Waals surface area contributed by atoms with E-state index >= 15 is 0 Å². The Morgan fingerprint density at radius 3 is 2.00 bits per heavy atom. The van der Waals surface area contributed by atoms with Crippen LogP contribution in [0.4, 0.5) is 0 Å². The Balaban J connectivity index is 3.94. The maximum Gasteiger partial charge on any atom is 0.0771 e. The fraction of sp³-hybridized carbons (Fsp3) is 1.00. The first-order valence-electron chi connectivity index (χ1n) is 5.47. The van der Waals surface area contributed by atoms with Gasteiger partial charge in [-0.15, -0.1) is 0 Å². The van der Waals surface area contributed by atoms with Crippen LogP contribution in [0.3, 0.4) is 0 Å². The summed E-state index contributed by atoms with van der Waals surface area (Å²) in [6.45, 7) is 11.5. The molecule has 14 heavy (non-hydrogen) atoms. The summed E-state index contributed by atoms with van der Waals surface area (Å²) in [5.41, 5.74) is 6.00. The van der Waals surface area contributed by atoms with Gasteiger partial charge < -0.3 is 15.2 Å². The Kier molecular flexibility index (Phi) is 7.15. The van der Waals surface area contributed by atoms with Crippen LogP contribution in [0.2, 0.25) is 0 Å². The zero-order valence-corrected chi connectivity index (χ0v) is 10.1. The standard InChI is InChI=1S/C11H25NO2/c1-6-13-11(8(2)3)10(12)7-14-9(4)5/h8-11H,6-7,12H2,1-5H3. The molecule has 0 aliphatic rings. The Morgan fingerprint density at radius 2 is 1.64 bits per heavy atom. The minimum atomic E-state index is -0.0302. The number of hydrogen-bond acceptors (Lipinski definition) is 3. The molecule has 0 saturated carbocycles. The third-order valence-corrected chi connectivity index (χ3v) is 2.06. The molecule has 0 saturated heterocycles. The van der Waals surface area contributed by atoms with Crippen molar-refractivity contribution in [2.24, 2.45) is 11.7 Å². The molecule has 0 spiro atoms. The molecule has 2 unspecified atom stereocenters. The van der Waals surface area contributed by atoms with Gasteiger partial charge in [-0.05, 0) is 26.7 Å². The lowest BCUT2D eigenvalue weighted by Crippen LogP contribution is -2.44. The summed E-state index contributed by atoms with van der Waals surface area (Å²) in [4.78, 5) is 0. The summed E-state index contributed by atoms with van der Waals surface area (Å²) < 4.78 is 11.1. The molecule has 0 bridgehead atoms. The SMILES string of the molecule is CCOC(C(C)C)C(N)COC(C)C. The van der Waals surface area contributed by atoms with Crippen LogP contribution in [-0.4, -0.2) is 31.5 Å². The van der Waals surface area contributed by atoms with Gasteiger partial charge in [-0.1, -0.05) is 13.8 Å². The Morgan fingerprint density at radius 1 is 1.07 bits per heavy atom. The van der Waals surface area contributed by atoms with Gasteiger partial charge in [0.1, 0.15) is 0 Å². The quantitative estimate of drug-likeness (QED) is 0.686. The summed E-state index contributed by atoms with van der Waals surface area (Å²) in [5, 5.41) is 0. The van der Waals surface area contributed by atoms with Crippen molar-refractivity contribution < 1.29 is 9.47 Å². The number of nitrogens with two attached hydrogens (primary N) is 1. The molecule has 3 heteroatoms. The van der Waals surface area contributed by atoms with Gasteiger partial charge in [-0.3, -0.25) is 0 Å². The van der Waals surface area contributed by atoms with E-state index in [4.69, 9.17) is 15.2 Å². The fourth-order valence-electron chi connectivity index (χ4n) is 1.40. The monoisotopic (exact) mass is 203 g/mol. The summed E-state index contributed by atoms with van der Waals surface area (Å²) in [6, 6.07) is -0.0302. The Hall–Kier alpha value is -0.120. The van der Waals surface area contributed by atoms with Crippen LogP contribution in [-0.2, 0) is 9.47 Å². The molecule has 0 fully saturated rings. The molecule has 0 radical (unpaired) electrons. The zero-order chi connectivity index (χ0) is 11.1. The topological polar surface area (TPSA) is 44.5 Å². The first-order chi connectivity index (χ1) is 6.49. The van der Waals surface area contributed by atoms with Crippen molar-refractivity contribution in [1.82, 2.24) is 0 Å². The summed E-state index contributed by atoms with van der Waals surface area (Å²) >= 11 is 0. The van der Waals surface area contributed by atoms with E-state index in [-0.39, 0.29) is 18.2 Å². The van der Waals surface area contributed by atoms with E-state index in [2.05, 4.69) is 13.8 Å². The molecular formula is C11H25NO2. The van der Waals surface area contributed by atoms with Crippen molar-refractivity contribution in [2.75, 3.05) is 13.2 Å². The second-order valence-electron chi connectivity index (χ2n) is 4.21. The van der Waals surface area contributed by atoms with Crippen molar-refractivity contribution in [3.63, 3.8) is 0 Å². The van der Waals surface area contributed by atoms with Gasteiger partial charge in [-0.25, -0.2) is 0 Å². The predicted molar refractivity (Wildman–Crippen MR) is 59.3 cm³/mol. The first kappa shape index (κ1) is 13.9. The first-order valence-corrected chi connectivity index (χ1v) is 5.47. The lowest BCUT2D eigenvalue weighted by atomic mass is 10.0. The highest BCUT2D eigenvalue weighted by atomic mass is 16.5. The van der Waals surface area contributed by atoms with Gasteiger partial charge in [0.25, 0.3) is 0 Å². The van der Waals surface area contributed by atoms with Crippen LogP contribution in [0.25, 0.3) is 0 Å². The predicted octanol–water partition coefficient (Wildman–Crippen LogP) is 1.80. The number of hydrogen-bond donors (Lipinski definition) is 1. The van der Waals surface area contributed by atoms with E-state index in [0.717, 1.165) is 0 Å². The maximum absolute atomic E-state index is 6.00. The molecule has 86 valence electrons. The molecule has 0 aromatic carbocycles. The lowest BCUT2D eigenvalue weighted by molar-refractivity contribution is -0.0234. The number of rotatable bonds is 7. The third-order valence-electron chi connectivity index (χ3n) is 2.06. The molecule has 3 nitrogen and oxygen atoms in total. The van der Waals surface area contributed by atoms with E-state index < -0.39 is 0 Å². The highest BCUT2D eigenvalue weighted by Crippen LogP contribution is 2.10. The van der Waals surface area contributed by atoms with Gasteiger partial charge in [0.2, 0.25) is 0 Å². The molecule has 0 aromatic rings. The molecule has 2 atom stereocenters. The smallest absolute Gasteiger partial charge is 0.0771 e. The second kappa shape index (κ2) is 7.21. The van der Waals surface area contributed by atoms with Crippen LogP contribution < -0.4 is 5.73 Å². The minimum Gasteiger partial charge on any atom is -0.377 e. The van der Waals surface area contributed by atoms with Gasteiger partial charge >= 0.3 is 0 Å². The maximum atomic E-state index is 6.00. The van der Waals surface area contributed by atoms with Crippen molar-refractivity contribution in [1.29, 1.82) is 0 Å². The average molecular weight is 203 g/mol. The van der Waals surface area contributed by atoms with Crippen LogP contribution in [0.15, 0.2) is 0 Å². The molecule has 0 aliphatic carbocycles. The Bertz CT molecular complexity index is 137. The average Bonchev–Trinajstić information content (AvgIpc) is 2.09. The highest BCUT2D eigenvalue weighted by Gasteiger charge is 2.21. The largest absolute Gasteiger partial charge is 0.377 e. The molecule has 0 rings (SSSR count). The van der Waals surface area contributed by atoms with E-state index in [1.165, 1.54) is 0 Å². The molecule has 0 heterocycles. The molecular weight excluding hydrogens is 178 g/mol. The van der Waals surface area contributed by atoms with Crippen LogP contribution >= 0.6 is 0 Å². The van der Waals surface area contributed by atoms with Crippen molar-refractivity contribution in [2.45, 2.75) is 52.9 Å². The van der Waals surface area contributed by atoms with Crippen LogP contribution in [0.5, 0.6) is 0 Å². The van der Waals surface area contributed by atoms with E-state index in [1.54, 1.807) is 0 Å². The van der Waals surface area contributed by atoms with Gasteiger partial charge in [0, 0.05) is 6.61 Å². The van der Waals surface area contributed by atoms with Gasteiger partial charge in [0.15, 0.2) is 0 Å². The highest BCUT2D eigenvalue weighted by molar-refractivity contribution is 4.76. The minimum absolute atomic E-state index is 0.0302. The van der Waals surface area contributed by atoms with Crippen LogP contribution in [0.1, 0.15) is 34.6 Å². The second-order valence-corrected chi connectivity index (χ2v) is 4.21. The fourth-order valence-corrected chi connectivity index (χ4v) is 1.40. The van der Waals surface area contributed by atoms with E-state index in [0.29, 0.717) is 19.1 Å². The van der Waals surface area contributed by atoms with E-state index in [9.17, 15) is 0 Å². The lowest BCUT2D eigenvalue weighted by Gasteiger charge is -2.27. The van der Waals surface area contributed by atoms with Crippen molar-refractivity contribution in [3.8, 4) is 0 Å². The summed E-state index contributed by atoms with van der Waals surface area (Å²) in [5.74, 6) is 0.431. The molecule has 0 aromatic heterocycles. The normalized spacial score (nSPS) is 16.3. The summed E-state index contributed by atoms with van der Waals surface area (Å²) in [6.07, 6.45) is 0.328. The summed E-state index contributed by atoms with van der Waals surface area (Å²) in [7, 11) is 0. The third kappa shape index (κ3) is 5.58. The van der Waals surface area contributed by atoms with Crippen LogP contribution in [0, 0.1) is 5.92 Å². The number of ether oxygens (including phenoxy) is 2.